The van der Waals surface area contributed by atoms with Gasteiger partial charge in [0.2, 0.25) is 0 Å². The second-order valence-corrected chi connectivity index (χ2v) is 17.6. The Bertz CT molecular complexity index is 3630. The van der Waals surface area contributed by atoms with E-state index in [1.54, 1.807) is 61.5 Å². The van der Waals surface area contributed by atoms with Crippen LogP contribution in [-0.4, -0.2) is 75.1 Å². The first-order valence-corrected chi connectivity index (χ1v) is 23.3. The fraction of sp³-hybridized carbons (Fsp3) is 0.0909. The van der Waals surface area contributed by atoms with Gasteiger partial charge in [0.15, 0.2) is 5.75 Å². The van der Waals surface area contributed by atoms with E-state index in [2.05, 4.69) is 69.9 Å². The van der Waals surface area contributed by atoms with E-state index < -0.39 is 20.8 Å². The fourth-order valence-corrected chi connectivity index (χ4v) is 8.32. The Morgan fingerprint density at radius 1 is 0.581 bits per heavy atom. The van der Waals surface area contributed by atoms with E-state index in [1.807, 2.05) is 0 Å². The van der Waals surface area contributed by atoms with Crippen molar-refractivity contribution in [3.05, 3.63) is 109 Å². The molecule has 0 fully saturated rings. The van der Waals surface area contributed by atoms with Crippen LogP contribution >= 0.6 is 24.1 Å². The maximum Gasteiger partial charge on any atom is 0.296 e. The number of rotatable bonds is 19. The molecular formula is C44H35CuN11O15S3. The quantitative estimate of drug-likeness (QED) is 0.0109. The van der Waals surface area contributed by atoms with Gasteiger partial charge in [0.25, 0.3) is 10.1 Å². The summed E-state index contributed by atoms with van der Waals surface area (Å²) in [5.41, 5.74) is 2.08. The van der Waals surface area contributed by atoms with Crippen molar-refractivity contribution in [2.45, 2.75) is 21.6 Å². The van der Waals surface area contributed by atoms with Crippen molar-refractivity contribution in [2.24, 2.45) is 40.9 Å². The van der Waals surface area contributed by atoms with Gasteiger partial charge in [0.05, 0.1) is 67.4 Å². The first-order valence-electron chi connectivity index (χ1n) is 20.4. The van der Waals surface area contributed by atoms with Crippen LogP contribution in [0.2, 0.25) is 0 Å². The average molecular weight is 1120 g/mol. The van der Waals surface area contributed by atoms with Crippen molar-refractivity contribution < 1.29 is 88.8 Å². The number of ether oxygens (including phenoxy) is 3. The molecule has 0 aliphatic heterocycles. The molecule has 0 amide bonds. The predicted molar refractivity (Wildman–Crippen MR) is 259 cm³/mol. The van der Waals surface area contributed by atoms with E-state index >= 15 is 0 Å². The number of azo groups is 4. The number of aromatic nitrogens is 3. The van der Waals surface area contributed by atoms with Crippen LogP contribution in [-0.2, 0) is 45.9 Å². The third-order valence-corrected chi connectivity index (χ3v) is 12.2. The molecule has 0 aliphatic rings. The first-order chi connectivity index (χ1) is 35.2. The summed E-state index contributed by atoms with van der Waals surface area (Å²) in [4.78, 5) is 1.38. The summed E-state index contributed by atoms with van der Waals surface area (Å²) in [6.45, 7) is 1.77. The Kier molecular flexibility index (Phi) is 17.5. The van der Waals surface area contributed by atoms with E-state index in [4.69, 9.17) is 24.7 Å². The Balaban J connectivity index is 0.00000800. The predicted octanol–water partition coefficient (Wildman–Crippen LogP) is 12.8. The molecule has 0 saturated heterocycles. The average Bonchev–Trinajstić information content (AvgIpc) is 3.80. The molecular weight excluding hydrogens is 1080 g/mol. The zero-order valence-corrected chi connectivity index (χ0v) is 41.5. The van der Waals surface area contributed by atoms with E-state index in [-0.39, 0.29) is 95.9 Å². The molecule has 8 aromatic rings. The molecule has 7 aromatic carbocycles. The number of benzene rings is 7. The van der Waals surface area contributed by atoms with Gasteiger partial charge >= 0.3 is 0 Å². The van der Waals surface area contributed by atoms with Gasteiger partial charge in [-0.25, -0.2) is 10.5 Å². The van der Waals surface area contributed by atoms with Gasteiger partial charge in [-0.05, 0) is 96.7 Å². The van der Waals surface area contributed by atoms with Crippen molar-refractivity contribution in [1.29, 1.82) is 0 Å². The van der Waals surface area contributed by atoms with E-state index in [9.17, 15) is 28.3 Å². The Morgan fingerprint density at radius 3 is 1.74 bits per heavy atom. The standard InChI is InChI=1S/C44H35N11O15S3.Cu/c1-22-13-27(71-69-67-59)10-12-36(22)55-53-29-16-35(42(73(61,62)63)21-30(29)54-55)51-50-34-20-39(65-3)33(19-40(34)66-4)49-48-32-17-37(57)31(18-38(32)64-2)47-52-43-41(72-70-68-60)15-23-14-25(7-11-28(23)44(43)58)46-45-24-5-8-26(56)9-6-24;/h5-21,56-60H,1-4H3,(H,61,62,63);. The molecule has 6 N–H and O–H groups in total. The van der Waals surface area contributed by atoms with Crippen molar-refractivity contribution in [3.8, 4) is 40.2 Å². The normalized spacial score (nSPS) is 12.0. The maximum absolute atomic E-state index is 12.6. The van der Waals surface area contributed by atoms with E-state index in [0.29, 0.717) is 50.3 Å². The number of fused-ring (bicyclic) bond motifs is 2. The summed E-state index contributed by atoms with van der Waals surface area (Å²) >= 11 is 1.26. The van der Waals surface area contributed by atoms with Crippen molar-refractivity contribution in [2.75, 3.05) is 21.3 Å². The third-order valence-electron chi connectivity index (χ3n) is 10.1. The number of aromatic hydroxyl groups is 3. The number of hydrogen-bond donors (Lipinski definition) is 6. The van der Waals surface area contributed by atoms with Gasteiger partial charge < -0.3 is 29.5 Å². The number of hydrogen-bond acceptors (Lipinski definition) is 26. The zero-order valence-electron chi connectivity index (χ0n) is 38.1. The Hall–Kier alpha value is -7.71. The van der Waals surface area contributed by atoms with Crippen LogP contribution in [0, 0.1) is 6.92 Å². The van der Waals surface area contributed by atoms with Crippen LogP contribution < -0.4 is 14.2 Å². The number of phenols is 3. The minimum absolute atomic E-state index is 0. The summed E-state index contributed by atoms with van der Waals surface area (Å²) in [6.07, 6.45) is 0. The van der Waals surface area contributed by atoms with Crippen molar-refractivity contribution >= 4 is 102 Å². The van der Waals surface area contributed by atoms with Crippen LogP contribution in [0.25, 0.3) is 27.5 Å². The van der Waals surface area contributed by atoms with Crippen molar-refractivity contribution in [1.82, 2.24) is 15.0 Å². The van der Waals surface area contributed by atoms with Gasteiger partial charge in [-0.15, -0.1) is 49.6 Å². The molecule has 0 spiro atoms. The summed E-state index contributed by atoms with van der Waals surface area (Å²) in [6, 6.07) is 25.2. The molecule has 1 heterocycles. The zero-order chi connectivity index (χ0) is 51.8. The van der Waals surface area contributed by atoms with Crippen LogP contribution in [0.4, 0.5) is 45.5 Å². The molecule has 0 atom stereocenters. The smallest absolute Gasteiger partial charge is 0.296 e. The molecule has 74 heavy (non-hydrogen) atoms. The Labute approximate surface area is 435 Å². The molecule has 30 heteroatoms. The first kappa shape index (κ1) is 54.1. The molecule has 0 aliphatic carbocycles. The number of methoxy groups -OCH3 is 3. The molecule has 0 bridgehead atoms. The second-order valence-electron chi connectivity index (χ2n) is 14.7. The number of phenolic OH excluding ortho intramolecular Hbond substituents is 3. The topological polar surface area (TPSA) is 350 Å². The summed E-state index contributed by atoms with van der Waals surface area (Å²) in [7, 11) is -0.848. The SMILES string of the molecule is COc1cc(N=Nc2c(SOOO)cc3cc(N=Nc4ccc(O)cc4)ccc3c2O)c(O)cc1N=Nc1cc(OC)c(N=Nc2cc3nn(-c4ccc(SOOO)cc4C)nc3cc2S(=O)(=O)O)cc1OC.[Cu]. The van der Waals surface area contributed by atoms with Crippen LogP contribution in [0.5, 0.6) is 34.5 Å². The molecule has 0 saturated carbocycles. The van der Waals surface area contributed by atoms with Gasteiger partial charge in [0, 0.05) is 51.6 Å². The fourth-order valence-electron chi connectivity index (χ4n) is 6.74. The second kappa shape index (κ2) is 23.9. The minimum Gasteiger partial charge on any atom is -0.508 e. The summed E-state index contributed by atoms with van der Waals surface area (Å²) < 4.78 is 61.1. The van der Waals surface area contributed by atoms with Gasteiger partial charge in [-0.3, -0.25) is 4.55 Å². The molecule has 1 aromatic heterocycles. The summed E-state index contributed by atoms with van der Waals surface area (Å²) in [5, 5.41) is 100.0. The van der Waals surface area contributed by atoms with Crippen LogP contribution in [0.1, 0.15) is 5.56 Å². The minimum atomic E-state index is -4.87. The number of nitrogens with zero attached hydrogens (tertiary/aromatic N) is 11. The largest absolute Gasteiger partial charge is 0.508 e. The molecule has 1 radical (unpaired) electrons. The van der Waals surface area contributed by atoms with Gasteiger partial charge in [0.1, 0.15) is 78.8 Å². The van der Waals surface area contributed by atoms with Gasteiger partial charge in [-0.2, -0.15) is 23.4 Å². The van der Waals surface area contributed by atoms with E-state index in [0.717, 1.165) is 18.1 Å². The molecule has 0 unspecified atom stereocenters. The maximum atomic E-state index is 12.6. The molecule has 8 rings (SSSR count). The van der Waals surface area contributed by atoms with Crippen LogP contribution in [0.3, 0.4) is 0 Å². The van der Waals surface area contributed by atoms with Crippen LogP contribution in [0.15, 0.2) is 159 Å². The Morgan fingerprint density at radius 2 is 1.14 bits per heavy atom. The molecule has 26 nitrogen and oxygen atoms in total. The monoisotopic (exact) mass is 1120 g/mol. The van der Waals surface area contributed by atoms with Gasteiger partial charge in [-0.1, -0.05) is 10.1 Å². The van der Waals surface area contributed by atoms with Crippen molar-refractivity contribution in [3.63, 3.8) is 0 Å². The van der Waals surface area contributed by atoms with E-state index in [1.165, 1.54) is 68.6 Å². The molecule has 385 valence electrons. The summed E-state index contributed by atoms with van der Waals surface area (Å²) in [5.74, 6) is -0.432. The number of aryl methyl sites for hydroxylation is 1. The third kappa shape index (κ3) is 12.4.